The van der Waals surface area contributed by atoms with Crippen LogP contribution in [0.4, 0.5) is 13.2 Å². The number of fused-ring (bicyclic) bond motifs is 3. The lowest BCUT2D eigenvalue weighted by atomic mass is 9.96. The number of primary amides is 1. The number of rotatable bonds is 2. The van der Waals surface area contributed by atoms with E-state index in [9.17, 15) is 18.0 Å². The Morgan fingerprint density at radius 3 is 2.85 bits per heavy atom. The smallest absolute Gasteiger partial charge is 0.394 e. The quantitative estimate of drug-likeness (QED) is 0.903. The summed E-state index contributed by atoms with van der Waals surface area (Å²) in [7, 11) is 0. The van der Waals surface area contributed by atoms with Gasteiger partial charge < -0.3 is 10.5 Å². The van der Waals surface area contributed by atoms with Crippen LogP contribution in [0.15, 0.2) is 12.3 Å². The van der Waals surface area contributed by atoms with Gasteiger partial charge in [0.1, 0.15) is 11.9 Å². The molecule has 0 spiro atoms. The number of aromatic nitrogens is 1. The Hall–Kier alpha value is -1.79. The predicted molar refractivity (Wildman–Crippen MR) is 63.1 cm³/mol. The fourth-order valence-corrected chi connectivity index (χ4v) is 3.09. The molecule has 0 bridgehead atoms. The summed E-state index contributed by atoms with van der Waals surface area (Å²) < 4.78 is 43.2. The largest absolute Gasteiger partial charge is 0.488 e. The first-order valence-electron chi connectivity index (χ1n) is 6.35. The van der Waals surface area contributed by atoms with E-state index >= 15 is 0 Å². The number of alkyl halides is 3. The van der Waals surface area contributed by atoms with Crippen molar-refractivity contribution >= 4 is 5.91 Å². The van der Waals surface area contributed by atoms with Crippen molar-refractivity contribution in [2.24, 2.45) is 11.7 Å². The van der Waals surface area contributed by atoms with Gasteiger partial charge in [0, 0.05) is 23.6 Å². The summed E-state index contributed by atoms with van der Waals surface area (Å²) in [4.78, 5) is 15.0. The lowest BCUT2D eigenvalue weighted by Crippen LogP contribution is -2.22. The molecule has 4 nitrogen and oxygen atoms in total. The van der Waals surface area contributed by atoms with Gasteiger partial charge in [0.2, 0.25) is 5.91 Å². The molecule has 20 heavy (non-hydrogen) atoms. The summed E-state index contributed by atoms with van der Waals surface area (Å²) in [6, 6.07) is 1.67. The average Bonchev–Trinajstić information content (AvgIpc) is 2.85. The zero-order valence-electron chi connectivity index (χ0n) is 10.5. The summed E-state index contributed by atoms with van der Waals surface area (Å²) in [5.41, 5.74) is 5.91. The van der Waals surface area contributed by atoms with E-state index in [4.69, 9.17) is 10.5 Å². The van der Waals surface area contributed by atoms with Gasteiger partial charge >= 0.3 is 6.18 Å². The maximum atomic E-state index is 12.5. The molecule has 1 aliphatic heterocycles. The lowest BCUT2D eigenvalue weighted by molar-refractivity contribution is -0.128. The van der Waals surface area contributed by atoms with Crippen LogP contribution in [-0.2, 0) is 11.2 Å². The minimum Gasteiger partial charge on any atom is -0.488 e. The van der Waals surface area contributed by atoms with Crippen molar-refractivity contribution in [3.8, 4) is 5.75 Å². The number of ether oxygens (including phenoxy) is 1. The van der Waals surface area contributed by atoms with Gasteiger partial charge in [0.05, 0.1) is 12.1 Å². The van der Waals surface area contributed by atoms with Gasteiger partial charge in [0.25, 0.3) is 0 Å². The normalized spacial score (nSPS) is 27.9. The maximum absolute atomic E-state index is 12.5. The number of hydrogen-bond donors (Lipinski definition) is 1. The molecule has 0 aromatic carbocycles. The third kappa shape index (κ3) is 2.21. The molecular formula is C13H13F3N2O2. The van der Waals surface area contributed by atoms with Crippen molar-refractivity contribution in [1.29, 1.82) is 0 Å². The first-order chi connectivity index (χ1) is 9.35. The van der Waals surface area contributed by atoms with Crippen LogP contribution in [0.5, 0.6) is 5.75 Å². The van der Waals surface area contributed by atoms with E-state index in [0.717, 1.165) is 0 Å². The van der Waals surface area contributed by atoms with E-state index < -0.39 is 12.6 Å². The molecule has 1 fully saturated rings. The molecule has 2 aliphatic rings. The number of nitrogens with two attached hydrogens (primary N) is 1. The number of hydrogen-bond acceptors (Lipinski definition) is 3. The van der Waals surface area contributed by atoms with Gasteiger partial charge in [-0.1, -0.05) is 0 Å². The third-order valence-electron chi connectivity index (χ3n) is 3.95. The molecule has 3 unspecified atom stereocenters. The SMILES string of the molecule is NC(=O)C1CC2Oc3c(ccnc3CC(F)(F)F)C2C1. The standard InChI is InChI=1S/C13H13F3N2O2/c14-13(15,16)5-9-11-7(1-2-18-9)8-3-6(12(17)19)4-10(8)20-11/h1-2,6,8,10H,3-5H2,(H2,17,19). The predicted octanol–water partition coefficient (Wildman–Crippen LogP) is 1.93. The number of carbonyl (C=O) groups is 1. The highest BCUT2D eigenvalue weighted by Crippen LogP contribution is 2.50. The average molecular weight is 286 g/mol. The molecule has 2 N–H and O–H groups in total. The summed E-state index contributed by atoms with van der Waals surface area (Å²) >= 11 is 0. The first kappa shape index (κ1) is 13.2. The molecule has 3 rings (SSSR count). The van der Waals surface area contributed by atoms with Crippen molar-refractivity contribution in [3.63, 3.8) is 0 Å². The fraction of sp³-hybridized carbons (Fsp3) is 0.538. The molecule has 2 heterocycles. The van der Waals surface area contributed by atoms with E-state index in [2.05, 4.69) is 4.98 Å². The Morgan fingerprint density at radius 1 is 1.45 bits per heavy atom. The number of nitrogens with zero attached hydrogens (tertiary/aromatic N) is 1. The fourth-order valence-electron chi connectivity index (χ4n) is 3.09. The first-order valence-corrected chi connectivity index (χ1v) is 6.35. The van der Waals surface area contributed by atoms with Crippen LogP contribution in [0.25, 0.3) is 0 Å². The van der Waals surface area contributed by atoms with E-state index in [-0.39, 0.29) is 35.3 Å². The second kappa shape index (κ2) is 4.36. The highest BCUT2D eigenvalue weighted by Gasteiger charge is 2.46. The Morgan fingerprint density at radius 2 is 2.20 bits per heavy atom. The molecule has 3 atom stereocenters. The van der Waals surface area contributed by atoms with E-state index in [1.807, 2.05) is 0 Å². The molecule has 108 valence electrons. The van der Waals surface area contributed by atoms with Crippen molar-refractivity contribution < 1.29 is 22.7 Å². The summed E-state index contributed by atoms with van der Waals surface area (Å²) in [5, 5.41) is 0. The van der Waals surface area contributed by atoms with E-state index in [1.54, 1.807) is 6.07 Å². The van der Waals surface area contributed by atoms with Crippen molar-refractivity contribution in [1.82, 2.24) is 4.98 Å². The van der Waals surface area contributed by atoms with Gasteiger partial charge in [-0.3, -0.25) is 9.78 Å². The van der Waals surface area contributed by atoms with E-state index in [0.29, 0.717) is 18.4 Å². The second-order valence-corrected chi connectivity index (χ2v) is 5.30. The molecule has 1 aromatic rings. The number of halogens is 3. The molecule has 1 aliphatic carbocycles. The molecular weight excluding hydrogens is 273 g/mol. The summed E-state index contributed by atoms with van der Waals surface area (Å²) in [6.45, 7) is 0. The van der Waals surface area contributed by atoms with Crippen LogP contribution in [0.1, 0.15) is 30.0 Å². The molecule has 1 aromatic heterocycles. The van der Waals surface area contributed by atoms with Crippen LogP contribution in [0.3, 0.4) is 0 Å². The number of pyridine rings is 1. The van der Waals surface area contributed by atoms with Crippen LogP contribution < -0.4 is 10.5 Å². The van der Waals surface area contributed by atoms with Gasteiger partial charge in [-0.05, 0) is 18.9 Å². The van der Waals surface area contributed by atoms with Crippen LogP contribution in [0, 0.1) is 5.92 Å². The van der Waals surface area contributed by atoms with Crippen molar-refractivity contribution in [3.05, 3.63) is 23.5 Å². The monoisotopic (exact) mass is 286 g/mol. The minimum atomic E-state index is -4.32. The van der Waals surface area contributed by atoms with Crippen LogP contribution in [-0.4, -0.2) is 23.2 Å². The Bertz CT molecular complexity index is 559. The van der Waals surface area contributed by atoms with Gasteiger partial charge in [-0.15, -0.1) is 0 Å². The Balaban J connectivity index is 1.89. The van der Waals surface area contributed by atoms with Gasteiger partial charge in [-0.25, -0.2) is 0 Å². The third-order valence-corrected chi connectivity index (χ3v) is 3.95. The highest BCUT2D eigenvalue weighted by atomic mass is 19.4. The highest BCUT2D eigenvalue weighted by molar-refractivity contribution is 5.77. The Labute approximate surface area is 113 Å². The van der Waals surface area contributed by atoms with Crippen molar-refractivity contribution in [2.75, 3.05) is 0 Å². The minimum absolute atomic E-state index is 0.0579. The van der Waals surface area contributed by atoms with Crippen LogP contribution in [0.2, 0.25) is 0 Å². The molecule has 7 heteroatoms. The molecule has 0 saturated heterocycles. The zero-order chi connectivity index (χ0) is 14.5. The maximum Gasteiger partial charge on any atom is 0.394 e. The topological polar surface area (TPSA) is 65.2 Å². The van der Waals surface area contributed by atoms with Gasteiger partial charge in [-0.2, -0.15) is 13.2 Å². The Kier molecular flexibility index (Phi) is 2.88. The molecule has 0 radical (unpaired) electrons. The number of carbonyl (C=O) groups excluding carboxylic acids is 1. The van der Waals surface area contributed by atoms with Crippen molar-refractivity contribution in [2.45, 2.75) is 37.5 Å². The zero-order valence-corrected chi connectivity index (χ0v) is 10.5. The van der Waals surface area contributed by atoms with E-state index in [1.165, 1.54) is 6.20 Å². The summed E-state index contributed by atoms with van der Waals surface area (Å²) in [5.74, 6) is -0.466. The lowest BCUT2D eigenvalue weighted by Gasteiger charge is -2.12. The molecule has 1 amide bonds. The summed E-state index contributed by atoms with van der Waals surface area (Å²) in [6.07, 6.45) is -3.33. The second-order valence-electron chi connectivity index (χ2n) is 5.30. The number of amides is 1. The molecule has 1 saturated carbocycles. The van der Waals surface area contributed by atoms with Crippen LogP contribution >= 0.6 is 0 Å². The van der Waals surface area contributed by atoms with Gasteiger partial charge in [0.15, 0.2) is 0 Å².